The highest BCUT2D eigenvalue weighted by Crippen LogP contribution is 2.36. The summed E-state index contributed by atoms with van der Waals surface area (Å²) >= 11 is 0. The molecule has 0 saturated heterocycles. The van der Waals surface area contributed by atoms with Gasteiger partial charge in [0, 0.05) is 23.7 Å². The number of carbonyl (C=O) groups excluding carboxylic acids is 2. The molecule has 5 rings (SSSR count). The summed E-state index contributed by atoms with van der Waals surface area (Å²) in [5, 5.41) is 16.8. The number of nitro benzene ring substituents is 1. The Hall–Kier alpha value is -4.58. The van der Waals surface area contributed by atoms with Crippen LogP contribution in [0.4, 0.5) is 11.4 Å². The number of non-ortho nitro benzene ring substituents is 1. The fraction of sp³-hybridized carbons (Fsp3) is 0.222. The van der Waals surface area contributed by atoms with Gasteiger partial charge in [-0.1, -0.05) is 37.3 Å². The van der Waals surface area contributed by atoms with Crippen molar-refractivity contribution in [3.63, 3.8) is 0 Å². The molecule has 0 N–H and O–H groups in total. The first-order valence-corrected chi connectivity index (χ1v) is 13.5. The maximum absolute atomic E-state index is 13.8. The molecular formula is C27H24N4O7S. The van der Waals surface area contributed by atoms with Crippen molar-refractivity contribution in [3.05, 3.63) is 89.1 Å². The molecule has 2 aliphatic rings. The van der Waals surface area contributed by atoms with E-state index < -0.39 is 37.5 Å². The molecule has 1 aromatic heterocycles. The molecule has 3 atom stereocenters. The number of hydrogen-bond donors (Lipinski definition) is 0. The van der Waals surface area contributed by atoms with E-state index in [9.17, 15) is 28.1 Å². The van der Waals surface area contributed by atoms with Gasteiger partial charge < -0.3 is 4.74 Å². The van der Waals surface area contributed by atoms with E-state index >= 15 is 0 Å². The lowest BCUT2D eigenvalue weighted by Gasteiger charge is -2.32. The highest BCUT2D eigenvalue weighted by molar-refractivity contribution is 7.91. The van der Waals surface area contributed by atoms with Gasteiger partial charge in [-0.05, 0) is 50.1 Å². The van der Waals surface area contributed by atoms with Gasteiger partial charge in [0.25, 0.3) is 11.6 Å². The van der Waals surface area contributed by atoms with Crippen molar-refractivity contribution in [2.45, 2.75) is 25.5 Å². The van der Waals surface area contributed by atoms with Gasteiger partial charge in [-0.3, -0.25) is 19.7 Å². The Morgan fingerprint density at radius 2 is 1.85 bits per heavy atom. The lowest BCUT2D eigenvalue weighted by Crippen LogP contribution is -2.43. The second-order valence-corrected chi connectivity index (χ2v) is 11.8. The van der Waals surface area contributed by atoms with Crippen LogP contribution in [0.5, 0.6) is 5.75 Å². The summed E-state index contributed by atoms with van der Waals surface area (Å²) in [7, 11) is -3.90. The number of hydrazone groups is 1. The van der Waals surface area contributed by atoms with Gasteiger partial charge >= 0.3 is 5.97 Å². The molecule has 2 aromatic carbocycles. The number of anilines is 1. The van der Waals surface area contributed by atoms with Crippen molar-refractivity contribution in [2.75, 3.05) is 5.01 Å². The van der Waals surface area contributed by atoms with Gasteiger partial charge in [0.05, 0.1) is 21.8 Å². The van der Waals surface area contributed by atoms with Crippen molar-refractivity contribution >= 4 is 49.9 Å². The molecule has 1 aliphatic carbocycles. The first-order valence-electron chi connectivity index (χ1n) is 12.0. The fourth-order valence-corrected chi connectivity index (χ4v) is 6.48. The Labute approximate surface area is 223 Å². The number of allylic oxidation sites excluding steroid dienone is 3. The Morgan fingerprint density at radius 1 is 1.13 bits per heavy atom. The van der Waals surface area contributed by atoms with Crippen LogP contribution >= 0.6 is 0 Å². The minimum Gasteiger partial charge on any atom is -0.426 e. The van der Waals surface area contributed by atoms with Gasteiger partial charge in [-0.15, -0.1) is 0 Å². The normalized spacial score (nSPS) is 22.8. The Kier molecular flexibility index (Phi) is 6.22. The number of carbonyl (C=O) groups is 2. The number of nitro groups is 1. The zero-order chi connectivity index (χ0) is 28.1. The van der Waals surface area contributed by atoms with Gasteiger partial charge in [0.2, 0.25) is 10.0 Å². The summed E-state index contributed by atoms with van der Waals surface area (Å²) in [5.74, 6) is -3.11. The Morgan fingerprint density at radius 3 is 2.51 bits per heavy atom. The molecule has 2 heterocycles. The molecule has 1 aliphatic heterocycles. The van der Waals surface area contributed by atoms with Crippen LogP contribution in [0.15, 0.2) is 84.1 Å². The third kappa shape index (κ3) is 4.22. The van der Waals surface area contributed by atoms with Crippen molar-refractivity contribution in [1.82, 2.24) is 3.97 Å². The topological polar surface area (TPSA) is 141 Å². The van der Waals surface area contributed by atoms with E-state index in [4.69, 9.17) is 4.74 Å². The number of benzene rings is 2. The number of fused-ring (bicyclic) bond motifs is 1. The first-order chi connectivity index (χ1) is 18.4. The number of esters is 1. The van der Waals surface area contributed by atoms with Crippen LogP contribution in [0.25, 0.3) is 10.9 Å². The highest BCUT2D eigenvalue weighted by atomic mass is 32.2. The van der Waals surface area contributed by atoms with Crippen LogP contribution in [0.2, 0.25) is 0 Å². The number of amides is 1. The minimum absolute atomic E-state index is 0.0448. The van der Waals surface area contributed by atoms with E-state index in [0.717, 1.165) is 5.01 Å². The first kappa shape index (κ1) is 26.0. The lowest BCUT2D eigenvalue weighted by molar-refractivity contribution is -0.384. The van der Waals surface area contributed by atoms with E-state index in [0.29, 0.717) is 10.9 Å². The number of ether oxygens (including phenoxy) is 1. The molecule has 0 saturated carbocycles. The van der Waals surface area contributed by atoms with Gasteiger partial charge in [0.15, 0.2) is 5.92 Å². The molecular weight excluding hydrogens is 524 g/mol. The minimum atomic E-state index is -3.90. The van der Waals surface area contributed by atoms with Crippen LogP contribution < -0.4 is 9.75 Å². The summed E-state index contributed by atoms with van der Waals surface area (Å²) in [5.41, 5.74) is 0.666. The number of aromatic nitrogens is 1. The van der Waals surface area contributed by atoms with E-state index in [1.807, 2.05) is 19.1 Å². The predicted octanol–water partition coefficient (Wildman–Crippen LogP) is 4.19. The lowest BCUT2D eigenvalue weighted by atomic mass is 9.91. The van der Waals surface area contributed by atoms with Crippen LogP contribution in [-0.2, 0) is 19.6 Å². The molecule has 200 valence electrons. The molecule has 3 aromatic rings. The Balaban J connectivity index is 1.43. The fourth-order valence-electron chi connectivity index (χ4n) is 4.62. The third-order valence-corrected chi connectivity index (χ3v) is 9.63. The maximum Gasteiger partial charge on any atom is 0.329 e. The standard InChI is InChI=1S/C27H24N4O7S/c1-17-6-4-5-14-27(17,3)39(36,37)29-15-13-19-7-8-21(16-23(19)29)30-25(32)24(18(2)28-30)26(33)38-22-11-9-20(10-12-22)31(34)35/h4-17,24H,1-3H3. The van der Waals surface area contributed by atoms with Gasteiger partial charge in [-0.2, -0.15) is 10.1 Å². The number of nitrogens with zero attached hydrogens (tertiary/aromatic N) is 4. The summed E-state index contributed by atoms with van der Waals surface area (Å²) in [6.45, 7) is 5.02. The van der Waals surface area contributed by atoms with Crippen molar-refractivity contribution in [3.8, 4) is 5.75 Å². The largest absolute Gasteiger partial charge is 0.426 e. The van der Waals surface area contributed by atoms with Crippen molar-refractivity contribution < 1.29 is 27.7 Å². The van der Waals surface area contributed by atoms with Crippen molar-refractivity contribution in [2.24, 2.45) is 16.9 Å². The maximum atomic E-state index is 13.8. The molecule has 39 heavy (non-hydrogen) atoms. The predicted molar refractivity (Wildman–Crippen MR) is 145 cm³/mol. The van der Waals surface area contributed by atoms with Gasteiger partial charge in [0.1, 0.15) is 10.5 Å². The zero-order valence-electron chi connectivity index (χ0n) is 21.2. The average Bonchev–Trinajstić information content (AvgIpc) is 3.46. The molecule has 0 radical (unpaired) electrons. The van der Waals surface area contributed by atoms with Crippen molar-refractivity contribution in [1.29, 1.82) is 0 Å². The summed E-state index contributed by atoms with van der Waals surface area (Å²) < 4.78 is 32.9. The van der Waals surface area contributed by atoms with E-state index in [2.05, 4.69) is 5.10 Å². The second kappa shape index (κ2) is 9.31. The summed E-state index contributed by atoms with van der Waals surface area (Å²) in [6, 6.07) is 11.4. The van der Waals surface area contributed by atoms with Crippen LogP contribution in [-0.4, -0.2) is 39.6 Å². The summed E-state index contributed by atoms with van der Waals surface area (Å²) in [6.07, 6.45) is 8.52. The van der Waals surface area contributed by atoms with Crippen LogP contribution in [0, 0.1) is 22.0 Å². The quantitative estimate of drug-likeness (QED) is 0.148. The smallest absolute Gasteiger partial charge is 0.329 e. The molecule has 11 nitrogen and oxygen atoms in total. The van der Waals surface area contributed by atoms with E-state index in [1.54, 1.807) is 43.3 Å². The second-order valence-electron chi connectivity index (χ2n) is 9.57. The SMILES string of the molecule is CC1=NN(c2ccc3ccn(S(=O)(=O)C4(C)C=CC=CC4C)c3c2)C(=O)C1C(=O)Oc1ccc([N+](=O)[O-])cc1. The molecule has 1 amide bonds. The Bertz CT molecular complexity index is 1720. The number of hydrogen-bond acceptors (Lipinski definition) is 8. The van der Waals surface area contributed by atoms with E-state index in [1.165, 1.54) is 41.4 Å². The molecule has 0 bridgehead atoms. The molecule has 3 unspecified atom stereocenters. The third-order valence-electron chi connectivity index (χ3n) is 7.18. The van der Waals surface area contributed by atoms with E-state index in [-0.39, 0.29) is 28.8 Å². The van der Waals surface area contributed by atoms with Gasteiger partial charge in [-0.25, -0.2) is 12.4 Å². The highest BCUT2D eigenvalue weighted by Gasteiger charge is 2.44. The molecule has 12 heteroatoms. The van der Waals surface area contributed by atoms with Crippen LogP contribution in [0.3, 0.4) is 0 Å². The molecule has 0 spiro atoms. The monoisotopic (exact) mass is 548 g/mol. The summed E-state index contributed by atoms with van der Waals surface area (Å²) in [4.78, 5) is 36.4. The average molecular weight is 549 g/mol. The van der Waals surface area contributed by atoms with Crippen LogP contribution in [0.1, 0.15) is 20.8 Å². The zero-order valence-corrected chi connectivity index (χ0v) is 22.0. The number of rotatable bonds is 6. The molecule has 0 fully saturated rings.